The topological polar surface area (TPSA) is 75.6 Å². The summed E-state index contributed by atoms with van der Waals surface area (Å²) in [7, 11) is 0. The first-order valence-corrected chi connectivity index (χ1v) is 6.87. The van der Waals surface area contributed by atoms with E-state index >= 15 is 0 Å². The lowest BCUT2D eigenvalue weighted by molar-refractivity contribution is -0.137. The quantitative estimate of drug-likeness (QED) is 0.892. The van der Waals surface area contributed by atoms with Crippen LogP contribution in [0.3, 0.4) is 0 Å². The Hall–Kier alpha value is -2.04. The largest absolute Gasteiger partial charge is 0.481 e. The smallest absolute Gasteiger partial charge is 0.408 e. The number of hydrogen-bond donors (Lipinski definition) is 2. The summed E-state index contributed by atoms with van der Waals surface area (Å²) in [5.41, 5.74) is 2.19. The molecule has 5 nitrogen and oxygen atoms in total. The monoisotopic (exact) mass is 293 g/mol. The van der Waals surface area contributed by atoms with Gasteiger partial charge >= 0.3 is 12.1 Å². The number of hydrogen-bond acceptors (Lipinski definition) is 3. The first-order valence-electron chi connectivity index (χ1n) is 6.87. The molecule has 0 aliphatic heterocycles. The number of ether oxygens (including phenoxy) is 1. The highest BCUT2D eigenvalue weighted by molar-refractivity contribution is 5.72. The van der Waals surface area contributed by atoms with Crippen molar-refractivity contribution in [1.82, 2.24) is 5.32 Å². The van der Waals surface area contributed by atoms with Gasteiger partial charge in [-0.1, -0.05) is 23.8 Å². The van der Waals surface area contributed by atoms with Gasteiger partial charge < -0.3 is 15.2 Å². The lowest BCUT2D eigenvalue weighted by atomic mass is 9.97. The third-order valence-electron chi connectivity index (χ3n) is 2.87. The molecular weight excluding hydrogens is 270 g/mol. The van der Waals surface area contributed by atoms with Crippen molar-refractivity contribution in [2.24, 2.45) is 0 Å². The van der Waals surface area contributed by atoms with Gasteiger partial charge in [-0.15, -0.1) is 0 Å². The van der Waals surface area contributed by atoms with E-state index in [1.165, 1.54) is 0 Å². The fourth-order valence-corrected chi connectivity index (χ4v) is 2.08. The van der Waals surface area contributed by atoms with Crippen molar-refractivity contribution in [1.29, 1.82) is 0 Å². The van der Waals surface area contributed by atoms with E-state index < -0.39 is 23.7 Å². The summed E-state index contributed by atoms with van der Waals surface area (Å²) in [6, 6.07) is 5.09. The zero-order valence-corrected chi connectivity index (χ0v) is 13.2. The van der Waals surface area contributed by atoms with E-state index in [1.807, 2.05) is 32.0 Å². The summed E-state index contributed by atoms with van der Waals surface area (Å²) >= 11 is 0. The molecule has 21 heavy (non-hydrogen) atoms. The van der Waals surface area contributed by atoms with E-state index in [4.69, 9.17) is 9.84 Å². The number of aliphatic carboxylic acids is 1. The highest BCUT2D eigenvalue weighted by Crippen LogP contribution is 2.22. The Balaban J connectivity index is 2.95. The van der Waals surface area contributed by atoms with Crippen LogP contribution in [0.5, 0.6) is 0 Å². The van der Waals surface area contributed by atoms with E-state index in [0.717, 1.165) is 16.7 Å². The maximum atomic E-state index is 11.9. The molecule has 1 aromatic rings. The molecule has 0 aliphatic rings. The van der Waals surface area contributed by atoms with Crippen molar-refractivity contribution in [2.75, 3.05) is 0 Å². The van der Waals surface area contributed by atoms with Crippen LogP contribution in [-0.2, 0) is 9.53 Å². The third kappa shape index (κ3) is 5.85. The van der Waals surface area contributed by atoms with Crippen LogP contribution in [-0.4, -0.2) is 22.8 Å². The number of nitrogens with one attached hydrogen (secondary N) is 1. The molecular formula is C16H23NO4. The number of rotatable bonds is 4. The summed E-state index contributed by atoms with van der Waals surface area (Å²) in [4.78, 5) is 22.9. The van der Waals surface area contributed by atoms with Gasteiger partial charge in [0.25, 0.3) is 0 Å². The first-order chi connectivity index (χ1) is 9.58. The lowest BCUT2D eigenvalue weighted by Gasteiger charge is -2.24. The number of carboxylic acids is 1. The van der Waals surface area contributed by atoms with Crippen LogP contribution in [0.1, 0.15) is 49.9 Å². The van der Waals surface area contributed by atoms with Gasteiger partial charge in [-0.25, -0.2) is 4.79 Å². The SMILES string of the molecule is Cc1ccc([C@@H](CC(=O)O)NC(=O)OC(C)(C)C)c(C)c1. The zero-order chi connectivity index (χ0) is 16.2. The van der Waals surface area contributed by atoms with Crippen LogP contribution in [0.15, 0.2) is 18.2 Å². The molecule has 0 bridgehead atoms. The Labute approximate surface area is 125 Å². The molecule has 0 aliphatic carbocycles. The fraction of sp³-hybridized carbons (Fsp3) is 0.500. The Morgan fingerprint density at radius 1 is 1.29 bits per heavy atom. The van der Waals surface area contributed by atoms with Crippen molar-refractivity contribution in [2.45, 2.75) is 52.7 Å². The van der Waals surface area contributed by atoms with E-state index in [-0.39, 0.29) is 6.42 Å². The summed E-state index contributed by atoms with van der Waals surface area (Å²) in [5.74, 6) is -0.976. The standard InChI is InChI=1S/C16H23NO4/c1-10-6-7-12(11(2)8-10)13(9-14(18)19)17-15(20)21-16(3,4)5/h6-8,13H,9H2,1-5H3,(H,17,20)(H,18,19)/t13-/m1/s1. The first kappa shape index (κ1) is 17.0. The number of benzene rings is 1. The minimum atomic E-state index is -0.976. The van der Waals surface area contributed by atoms with Crippen LogP contribution in [0.25, 0.3) is 0 Å². The molecule has 0 saturated carbocycles. The molecule has 0 spiro atoms. The molecule has 1 amide bonds. The van der Waals surface area contributed by atoms with E-state index in [2.05, 4.69) is 5.32 Å². The second-order valence-corrected chi connectivity index (χ2v) is 6.16. The zero-order valence-electron chi connectivity index (χ0n) is 13.2. The Bertz CT molecular complexity index is 532. The van der Waals surface area contributed by atoms with Gasteiger partial charge in [0.15, 0.2) is 0 Å². The van der Waals surface area contributed by atoms with Gasteiger partial charge in [0, 0.05) is 0 Å². The second kappa shape index (κ2) is 6.61. The van der Waals surface area contributed by atoms with Crippen molar-refractivity contribution < 1.29 is 19.4 Å². The van der Waals surface area contributed by atoms with E-state index in [1.54, 1.807) is 20.8 Å². The summed E-state index contributed by atoms with van der Waals surface area (Å²) < 4.78 is 5.19. The second-order valence-electron chi connectivity index (χ2n) is 6.16. The van der Waals surface area contributed by atoms with Crippen molar-refractivity contribution in [3.63, 3.8) is 0 Å². The number of carboxylic acid groups (broad SMARTS) is 1. The maximum absolute atomic E-state index is 11.9. The van der Waals surface area contributed by atoms with Crippen LogP contribution in [0, 0.1) is 13.8 Å². The number of alkyl carbamates (subject to hydrolysis) is 1. The summed E-state index contributed by atoms with van der Waals surface area (Å²) in [6.45, 7) is 9.14. The molecule has 1 atom stereocenters. The summed E-state index contributed by atoms with van der Waals surface area (Å²) in [6.07, 6.45) is -0.808. The third-order valence-corrected chi connectivity index (χ3v) is 2.87. The Kier molecular flexibility index (Phi) is 5.35. The van der Waals surface area contributed by atoms with Gasteiger partial charge in [0.2, 0.25) is 0 Å². The number of carbonyl (C=O) groups excluding carboxylic acids is 1. The molecule has 1 aromatic carbocycles. The predicted octanol–water partition coefficient (Wildman–Crippen LogP) is 3.34. The van der Waals surface area contributed by atoms with Gasteiger partial charge in [0.1, 0.15) is 5.60 Å². The van der Waals surface area contributed by atoms with Crippen molar-refractivity contribution in [3.8, 4) is 0 Å². The van der Waals surface area contributed by atoms with Gasteiger partial charge in [-0.05, 0) is 45.7 Å². The number of amides is 1. The molecule has 116 valence electrons. The molecule has 2 N–H and O–H groups in total. The molecule has 0 unspecified atom stereocenters. The minimum Gasteiger partial charge on any atom is -0.481 e. The lowest BCUT2D eigenvalue weighted by Crippen LogP contribution is -2.36. The van der Waals surface area contributed by atoms with Gasteiger partial charge in [-0.3, -0.25) is 4.79 Å². The molecule has 5 heteroatoms. The van der Waals surface area contributed by atoms with Gasteiger partial charge in [0.05, 0.1) is 12.5 Å². The van der Waals surface area contributed by atoms with Crippen molar-refractivity contribution >= 4 is 12.1 Å². The van der Waals surface area contributed by atoms with Crippen LogP contribution in [0.4, 0.5) is 4.79 Å². The minimum absolute atomic E-state index is 0.191. The normalized spacial score (nSPS) is 12.6. The highest BCUT2D eigenvalue weighted by atomic mass is 16.6. The van der Waals surface area contributed by atoms with Crippen LogP contribution >= 0.6 is 0 Å². The molecule has 0 heterocycles. The maximum Gasteiger partial charge on any atom is 0.408 e. The van der Waals surface area contributed by atoms with Crippen LogP contribution in [0.2, 0.25) is 0 Å². The summed E-state index contributed by atoms with van der Waals surface area (Å²) in [5, 5.41) is 11.7. The van der Waals surface area contributed by atoms with Crippen LogP contribution < -0.4 is 5.32 Å². The van der Waals surface area contributed by atoms with E-state index in [9.17, 15) is 9.59 Å². The number of aryl methyl sites for hydroxylation is 2. The molecule has 0 radical (unpaired) electrons. The molecule has 0 aromatic heterocycles. The van der Waals surface area contributed by atoms with Gasteiger partial charge in [-0.2, -0.15) is 0 Å². The molecule has 1 rings (SSSR count). The molecule has 0 saturated heterocycles. The number of carbonyl (C=O) groups is 2. The predicted molar refractivity (Wildman–Crippen MR) is 80.3 cm³/mol. The van der Waals surface area contributed by atoms with E-state index in [0.29, 0.717) is 0 Å². The van der Waals surface area contributed by atoms with Crippen molar-refractivity contribution in [3.05, 3.63) is 34.9 Å². The molecule has 0 fully saturated rings. The average molecular weight is 293 g/mol. The Morgan fingerprint density at radius 3 is 2.38 bits per heavy atom. The highest BCUT2D eigenvalue weighted by Gasteiger charge is 2.23. The fourth-order valence-electron chi connectivity index (χ4n) is 2.08. The Morgan fingerprint density at radius 2 is 1.90 bits per heavy atom. The average Bonchev–Trinajstić information content (AvgIpc) is 2.24.